The van der Waals surface area contributed by atoms with Crippen molar-refractivity contribution < 1.29 is 22.7 Å². The number of rotatable bonds is 10. The summed E-state index contributed by atoms with van der Waals surface area (Å²) in [6, 6.07) is 16.4. The summed E-state index contributed by atoms with van der Waals surface area (Å²) < 4.78 is 33.9. The quantitative estimate of drug-likeness (QED) is 0.308. The zero-order valence-corrected chi connectivity index (χ0v) is 21.3. The Balaban J connectivity index is 1.92. The molecule has 2 aromatic carbocycles. The van der Waals surface area contributed by atoms with Crippen LogP contribution >= 0.6 is 0 Å². The lowest BCUT2D eigenvalue weighted by molar-refractivity contribution is 0.0519. The third kappa shape index (κ3) is 6.82. The van der Waals surface area contributed by atoms with Crippen LogP contribution in [-0.4, -0.2) is 43.4 Å². The van der Waals surface area contributed by atoms with E-state index in [1.54, 1.807) is 29.8 Å². The fourth-order valence-corrected chi connectivity index (χ4v) is 4.33. The van der Waals surface area contributed by atoms with Gasteiger partial charge in [-0.1, -0.05) is 43.7 Å². The fraction of sp³-hybridized carbons (Fsp3) is 0.269. The first kappa shape index (κ1) is 26.7. The number of esters is 1. The van der Waals surface area contributed by atoms with E-state index < -0.39 is 22.0 Å². The summed E-state index contributed by atoms with van der Waals surface area (Å²) in [7, 11) is -4.06. The number of urea groups is 1. The lowest BCUT2D eigenvalue weighted by atomic mass is 10.1. The molecule has 0 spiro atoms. The maximum absolute atomic E-state index is 12.6. The largest absolute Gasteiger partial charge is 0.461 e. The molecule has 0 aliphatic rings. The molecule has 0 atom stereocenters. The Bertz CT molecular complexity index is 1330. The van der Waals surface area contributed by atoms with Gasteiger partial charge >= 0.3 is 12.0 Å². The van der Waals surface area contributed by atoms with Crippen LogP contribution in [0.15, 0.2) is 65.6 Å². The molecule has 0 aliphatic carbocycles. The monoisotopic (exact) mass is 510 g/mol. The minimum Gasteiger partial charge on any atom is -0.461 e. The molecule has 2 N–H and O–H groups in total. The first-order chi connectivity index (χ1) is 17.2. The molecule has 0 saturated heterocycles. The minimum absolute atomic E-state index is 0.0761. The van der Waals surface area contributed by atoms with Crippen LogP contribution in [0.4, 0.5) is 4.79 Å². The van der Waals surface area contributed by atoms with E-state index in [-0.39, 0.29) is 17.2 Å². The van der Waals surface area contributed by atoms with E-state index in [0.717, 1.165) is 24.0 Å². The maximum Gasteiger partial charge on any atom is 0.358 e. The molecule has 0 radical (unpaired) electrons. The normalized spacial score (nSPS) is 11.7. The number of hydrogen-bond donors (Lipinski definition) is 2. The number of aromatic nitrogens is 2. The Morgan fingerprint density at radius 1 is 1.06 bits per heavy atom. The highest BCUT2D eigenvalue weighted by molar-refractivity contribution is 7.90. The molecule has 2 amide bonds. The highest BCUT2D eigenvalue weighted by Gasteiger charge is 2.20. The van der Waals surface area contributed by atoms with E-state index in [9.17, 15) is 18.0 Å². The lowest BCUT2D eigenvalue weighted by Gasteiger charge is -2.11. The number of allylic oxidation sites excluding steroid dienone is 1. The lowest BCUT2D eigenvalue weighted by Crippen LogP contribution is -2.39. The van der Waals surface area contributed by atoms with Crippen LogP contribution in [0.25, 0.3) is 17.3 Å². The van der Waals surface area contributed by atoms with Crippen molar-refractivity contribution >= 4 is 33.7 Å². The van der Waals surface area contributed by atoms with Gasteiger partial charge in [0.25, 0.3) is 10.0 Å². The second-order valence-corrected chi connectivity index (χ2v) is 9.68. The molecule has 10 heteroatoms. The SMILES string of the molecule is CCCCNC(=O)NS(=O)(=O)c1ccc(-n2nc(C(=O)OCC)cc2/C(C)=C/c2ccccc2)cc1. The van der Waals surface area contributed by atoms with Crippen LogP contribution in [0, 0.1) is 0 Å². The van der Waals surface area contributed by atoms with Gasteiger partial charge in [-0.2, -0.15) is 5.10 Å². The summed E-state index contributed by atoms with van der Waals surface area (Å²) in [6.45, 7) is 6.18. The molecule has 3 rings (SSSR count). The zero-order chi connectivity index (χ0) is 26.1. The molecule has 0 unspecified atom stereocenters. The van der Waals surface area contributed by atoms with Crippen LogP contribution in [0.1, 0.15) is 55.4 Å². The number of unbranched alkanes of at least 4 members (excludes halogenated alkanes) is 1. The highest BCUT2D eigenvalue weighted by atomic mass is 32.2. The van der Waals surface area contributed by atoms with Crippen LogP contribution in [0.2, 0.25) is 0 Å². The third-order valence-corrected chi connectivity index (χ3v) is 6.56. The van der Waals surface area contributed by atoms with Gasteiger partial charge in [-0.15, -0.1) is 0 Å². The predicted molar refractivity (Wildman–Crippen MR) is 138 cm³/mol. The van der Waals surface area contributed by atoms with Crippen molar-refractivity contribution in [1.29, 1.82) is 0 Å². The fourth-order valence-electron chi connectivity index (χ4n) is 3.40. The number of hydrogen-bond acceptors (Lipinski definition) is 6. The number of nitrogens with one attached hydrogen (secondary N) is 2. The smallest absolute Gasteiger partial charge is 0.358 e. The van der Waals surface area contributed by atoms with Crippen molar-refractivity contribution in [2.75, 3.05) is 13.2 Å². The highest BCUT2D eigenvalue weighted by Crippen LogP contribution is 2.24. The molecule has 0 bridgehead atoms. The Morgan fingerprint density at radius 2 is 1.75 bits per heavy atom. The standard InChI is InChI=1S/C26H30N4O5S/c1-4-6-16-27-26(32)29-36(33,34)22-14-12-21(13-15-22)30-24(18-23(28-30)25(31)35-5-2)19(3)17-20-10-8-7-9-11-20/h7-15,17-18H,4-6,16H2,1-3H3,(H2,27,29,32)/b19-17+. The molecule has 3 aromatic rings. The second-order valence-electron chi connectivity index (χ2n) is 7.99. The molecule has 36 heavy (non-hydrogen) atoms. The van der Waals surface area contributed by atoms with Crippen molar-refractivity contribution in [3.63, 3.8) is 0 Å². The summed E-state index contributed by atoms with van der Waals surface area (Å²) in [5, 5.41) is 6.93. The van der Waals surface area contributed by atoms with Crippen LogP contribution < -0.4 is 10.0 Å². The molecule has 9 nitrogen and oxygen atoms in total. The summed E-state index contributed by atoms with van der Waals surface area (Å²) in [5.74, 6) is -0.553. The zero-order valence-electron chi connectivity index (χ0n) is 20.5. The van der Waals surface area contributed by atoms with Crippen molar-refractivity contribution in [3.05, 3.63) is 77.6 Å². The van der Waals surface area contributed by atoms with Crippen molar-refractivity contribution in [3.8, 4) is 5.69 Å². The number of amides is 2. The number of sulfonamides is 1. The molecular formula is C26H30N4O5S. The number of ether oxygens (including phenoxy) is 1. The first-order valence-electron chi connectivity index (χ1n) is 11.7. The van der Waals surface area contributed by atoms with E-state index >= 15 is 0 Å². The summed E-state index contributed by atoms with van der Waals surface area (Å²) >= 11 is 0. The Labute approximate surface area is 211 Å². The van der Waals surface area contributed by atoms with E-state index in [2.05, 4.69) is 10.4 Å². The van der Waals surface area contributed by atoms with E-state index in [0.29, 0.717) is 17.9 Å². The van der Waals surface area contributed by atoms with E-state index in [1.165, 1.54) is 12.1 Å². The Kier molecular flexibility index (Phi) is 9.02. The van der Waals surface area contributed by atoms with E-state index in [1.807, 2.05) is 55.0 Å². The molecule has 0 aliphatic heterocycles. The summed E-state index contributed by atoms with van der Waals surface area (Å²) in [5.41, 5.74) is 3.13. The van der Waals surface area contributed by atoms with E-state index in [4.69, 9.17) is 4.74 Å². The van der Waals surface area contributed by atoms with Crippen LogP contribution in [-0.2, 0) is 14.8 Å². The molecular weight excluding hydrogens is 480 g/mol. The van der Waals surface area contributed by atoms with Gasteiger partial charge in [-0.05, 0) is 67.8 Å². The van der Waals surface area contributed by atoms with Gasteiger partial charge < -0.3 is 10.1 Å². The van der Waals surface area contributed by atoms with Crippen molar-refractivity contribution in [1.82, 2.24) is 19.8 Å². The van der Waals surface area contributed by atoms with Crippen molar-refractivity contribution in [2.24, 2.45) is 0 Å². The number of carbonyl (C=O) groups excluding carboxylic acids is 2. The number of nitrogens with zero attached hydrogens (tertiary/aromatic N) is 2. The Morgan fingerprint density at radius 3 is 2.39 bits per heavy atom. The average molecular weight is 511 g/mol. The third-order valence-electron chi connectivity index (χ3n) is 5.22. The Hall–Kier alpha value is -3.92. The molecule has 0 fully saturated rings. The molecule has 1 aromatic heterocycles. The number of carbonyl (C=O) groups is 2. The first-order valence-corrected chi connectivity index (χ1v) is 13.2. The average Bonchev–Trinajstić information content (AvgIpc) is 3.31. The van der Waals surface area contributed by atoms with Gasteiger partial charge in [0.1, 0.15) is 0 Å². The van der Waals surface area contributed by atoms with Crippen LogP contribution in [0.3, 0.4) is 0 Å². The number of benzene rings is 2. The van der Waals surface area contributed by atoms with Gasteiger partial charge in [0, 0.05) is 6.54 Å². The van der Waals surface area contributed by atoms with Gasteiger partial charge in [-0.3, -0.25) is 0 Å². The summed E-state index contributed by atoms with van der Waals surface area (Å²) in [4.78, 5) is 24.2. The maximum atomic E-state index is 12.6. The molecule has 0 saturated carbocycles. The second kappa shape index (κ2) is 12.2. The molecule has 190 valence electrons. The van der Waals surface area contributed by atoms with Gasteiger partial charge in [0.15, 0.2) is 5.69 Å². The van der Waals surface area contributed by atoms with Crippen LogP contribution in [0.5, 0.6) is 0 Å². The van der Waals surface area contributed by atoms with Gasteiger partial charge in [0.05, 0.1) is 22.9 Å². The minimum atomic E-state index is -4.06. The predicted octanol–water partition coefficient (Wildman–Crippen LogP) is 4.40. The van der Waals surface area contributed by atoms with Crippen molar-refractivity contribution in [2.45, 2.75) is 38.5 Å². The molecule has 1 heterocycles. The van der Waals surface area contributed by atoms with Gasteiger partial charge in [0.2, 0.25) is 0 Å². The van der Waals surface area contributed by atoms with Gasteiger partial charge in [-0.25, -0.2) is 27.4 Å². The summed E-state index contributed by atoms with van der Waals surface area (Å²) in [6.07, 6.45) is 3.59. The topological polar surface area (TPSA) is 119 Å².